The zero-order chi connectivity index (χ0) is 29.8. The van der Waals surface area contributed by atoms with Crippen molar-refractivity contribution in [3.8, 4) is 11.8 Å². The maximum absolute atomic E-state index is 5.61. The molecule has 44 heavy (non-hydrogen) atoms. The first-order valence-electron chi connectivity index (χ1n) is 15.0. The van der Waals surface area contributed by atoms with Gasteiger partial charge in [-0.3, -0.25) is 9.80 Å². The molecule has 4 aromatic carbocycles. The molecular weight excluding hydrogens is 540 g/mol. The molecule has 0 fully saturated rings. The highest BCUT2D eigenvalue weighted by molar-refractivity contribution is 5.32. The van der Waals surface area contributed by atoms with E-state index in [4.69, 9.17) is 8.83 Å². The fourth-order valence-electron chi connectivity index (χ4n) is 5.54. The highest BCUT2D eigenvalue weighted by Gasteiger charge is 2.24. The molecule has 0 aliphatic rings. The molecule has 0 spiro atoms. The lowest BCUT2D eigenvalue weighted by atomic mass is 10.0. The summed E-state index contributed by atoms with van der Waals surface area (Å²) in [6, 6.07) is 46.0. The van der Waals surface area contributed by atoms with Crippen molar-refractivity contribution < 1.29 is 8.83 Å². The fraction of sp³-hybridized carbons (Fsp3) is 0.150. The summed E-state index contributed by atoms with van der Waals surface area (Å²) in [4.78, 5) is 4.85. The molecule has 6 rings (SSSR count). The van der Waals surface area contributed by atoms with Gasteiger partial charge in [0, 0.05) is 37.3 Å². The predicted octanol–water partition coefficient (Wildman–Crippen LogP) is 9.06. The van der Waals surface area contributed by atoms with Crippen LogP contribution in [-0.2, 0) is 26.2 Å². The Bertz CT molecular complexity index is 1490. The maximum Gasteiger partial charge on any atom is 0.101 e. The van der Waals surface area contributed by atoms with Gasteiger partial charge in [-0.15, -0.1) is 0 Å². The molecule has 0 N–H and O–H groups in total. The number of nitrogens with zero attached hydrogens (tertiary/aromatic N) is 2. The van der Waals surface area contributed by atoms with Gasteiger partial charge in [-0.25, -0.2) is 0 Å². The first-order chi connectivity index (χ1) is 21.8. The van der Waals surface area contributed by atoms with E-state index in [1.54, 1.807) is 12.5 Å². The summed E-state index contributed by atoms with van der Waals surface area (Å²) in [5.74, 6) is 7.47. The summed E-state index contributed by atoms with van der Waals surface area (Å²) in [5.41, 5.74) is 7.01. The minimum absolute atomic E-state index is 0.195. The molecular formula is C40H36N2O2. The number of hydrogen-bond acceptors (Lipinski definition) is 4. The van der Waals surface area contributed by atoms with E-state index in [9.17, 15) is 0 Å². The van der Waals surface area contributed by atoms with Gasteiger partial charge >= 0.3 is 0 Å². The van der Waals surface area contributed by atoms with E-state index in [0.29, 0.717) is 0 Å². The van der Waals surface area contributed by atoms with Crippen LogP contribution in [0.4, 0.5) is 0 Å². The van der Waals surface area contributed by atoms with Crippen molar-refractivity contribution in [3.63, 3.8) is 0 Å². The number of benzene rings is 4. The van der Waals surface area contributed by atoms with Gasteiger partial charge in [-0.05, 0) is 34.4 Å². The second kappa shape index (κ2) is 14.9. The lowest BCUT2D eigenvalue weighted by Crippen LogP contribution is -2.29. The van der Waals surface area contributed by atoms with E-state index in [0.717, 1.165) is 37.3 Å². The number of furan rings is 2. The molecule has 0 saturated carbocycles. The first-order valence-corrected chi connectivity index (χ1v) is 15.0. The van der Waals surface area contributed by atoms with Crippen molar-refractivity contribution in [2.24, 2.45) is 0 Å². The average Bonchev–Trinajstić information content (AvgIpc) is 3.81. The summed E-state index contributed by atoms with van der Waals surface area (Å²) in [6.07, 6.45) is 7.11. The van der Waals surface area contributed by atoms with Crippen molar-refractivity contribution in [1.29, 1.82) is 0 Å². The van der Waals surface area contributed by atoms with Gasteiger partial charge in [-0.2, -0.15) is 0 Å². The Morgan fingerprint density at radius 3 is 0.955 bits per heavy atom. The molecule has 0 radical (unpaired) electrons. The van der Waals surface area contributed by atoms with Crippen molar-refractivity contribution in [1.82, 2.24) is 9.80 Å². The molecule has 218 valence electrons. The van der Waals surface area contributed by atoms with E-state index in [1.807, 2.05) is 24.7 Å². The van der Waals surface area contributed by atoms with Gasteiger partial charge in [0.1, 0.15) is 12.1 Å². The molecule has 2 heterocycles. The van der Waals surface area contributed by atoms with Crippen LogP contribution in [0.5, 0.6) is 0 Å². The summed E-state index contributed by atoms with van der Waals surface area (Å²) >= 11 is 0. The Hall–Kier alpha value is -5.08. The lowest BCUT2D eigenvalue weighted by Gasteiger charge is -2.30. The molecule has 6 aromatic rings. The summed E-state index contributed by atoms with van der Waals surface area (Å²) in [6.45, 7) is 2.98. The van der Waals surface area contributed by atoms with Crippen LogP contribution in [0.3, 0.4) is 0 Å². The standard InChI is InChI=1S/C40H36N2O2/c1-5-13-33(14-6-1)27-41(28-34-15-7-2-8-16-34)39(37-23-25-43-31-37)21-22-40(38-24-26-44-32-38)42(29-35-17-9-3-10-18-35)30-36-19-11-4-12-20-36/h1-20,23-26,31-32,39-40H,27-30H2. The number of rotatable bonds is 12. The molecule has 0 saturated heterocycles. The van der Waals surface area contributed by atoms with E-state index in [1.165, 1.54) is 22.3 Å². The molecule has 0 amide bonds. The molecule has 2 atom stereocenters. The van der Waals surface area contributed by atoms with Crippen LogP contribution in [-0.4, -0.2) is 9.80 Å². The van der Waals surface area contributed by atoms with Crippen molar-refractivity contribution >= 4 is 0 Å². The van der Waals surface area contributed by atoms with Crippen LogP contribution in [0, 0.1) is 11.8 Å². The predicted molar refractivity (Wildman–Crippen MR) is 175 cm³/mol. The molecule has 2 aromatic heterocycles. The minimum atomic E-state index is -0.195. The maximum atomic E-state index is 5.61. The Balaban J connectivity index is 1.40. The van der Waals surface area contributed by atoms with Crippen molar-refractivity contribution in [2.75, 3.05) is 0 Å². The second-order valence-electron chi connectivity index (χ2n) is 11.0. The molecule has 4 heteroatoms. The smallest absolute Gasteiger partial charge is 0.101 e. The van der Waals surface area contributed by atoms with Crippen molar-refractivity contribution in [2.45, 2.75) is 38.3 Å². The van der Waals surface area contributed by atoms with Crippen LogP contribution in [0.1, 0.15) is 45.5 Å². The Morgan fingerprint density at radius 2 is 0.705 bits per heavy atom. The summed E-state index contributed by atoms with van der Waals surface area (Å²) < 4.78 is 11.2. The number of hydrogen-bond donors (Lipinski definition) is 0. The highest BCUT2D eigenvalue weighted by Crippen LogP contribution is 2.29. The zero-order valence-electron chi connectivity index (χ0n) is 24.7. The van der Waals surface area contributed by atoms with Crippen LogP contribution in [0.2, 0.25) is 0 Å². The normalized spacial score (nSPS) is 12.5. The van der Waals surface area contributed by atoms with E-state index in [-0.39, 0.29) is 12.1 Å². The SMILES string of the molecule is C(#CC(c1ccoc1)N(Cc1ccccc1)Cc1ccccc1)C(c1ccoc1)N(Cc1ccccc1)Cc1ccccc1. The molecule has 2 unspecified atom stereocenters. The summed E-state index contributed by atoms with van der Waals surface area (Å²) in [7, 11) is 0. The second-order valence-corrected chi connectivity index (χ2v) is 11.0. The average molecular weight is 577 g/mol. The molecule has 0 bridgehead atoms. The van der Waals surface area contributed by atoms with E-state index < -0.39 is 0 Å². The Labute approximate surface area is 260 Å². The van der Waals surface area contributed by atoms with Gasteiger partial charge < -0.3 is 8.83 Å². The van der Waals surface area contributed by atoms with Crippen LogP contribution in [0.25, 0.3) is 0 Å². The third-order valence-corrected chi connectivity index (χ3v) is 7.72. The van der Waals surface area contributed by atoms with Gasteiger partial charge in [0.05, 0.1) is 25.1 Å². The third-order valence-electron chi connectivity index (χ3n) is 7.72. The van der Waals surface area contributed by atoms with E-state index in [2.05, 4.69) is 143 Å². The molecule has 0 aliphatic heterocycles. The van der Waals surface area contributed by atoms with E-state index >= 15 is 0 Å². The zero-order valence-corrected chi connectivity index (χ0v) is 24.7. The topological polar surface area (TPSA) is 32.8 Å². The highest BCUT2D eigenvalue weighted by atomic mass is 16.3. The van der Waals surface area contributed by atoms with Crippen LogP contribution in [0.15, 0.2) is 167 Å². The third kappa shape index (κ3) is 7.85. The Morgan fingerprint density at radius 1 is 0.409 bits per heavy atom. The van der Waals surface area contributed by atoms with Crippen molar-refractivity contribution in [3.05, 3.63) is 192 Å². The van der Waals surface area contributed by atoms with Gasteiger partial charge in [-0.1, -0.05) is 133 Å². The minimum Gasteiger partial charge on any atom is -0.472 e. The fourth-order valence-corrected chi connectivity index (χ4v) is 5.54. The molecule has 4 nitrogen and oxygen atoms in total. The van der Waals surface area contributed by atoms with Crippen LogP contribution >= 0.6 is 0 Å². The first kappa shape index (κ1) is 29.0. The van der Waals surface area contributed by atoms with Crippen LogP contribution < -0.4 is 0 Å². The monoisotopic (exact) mass is 576 g/mol. The summed E-state index contributed by atoms with van der Waals surface area (Å²) in [5, 5.41) is 0. The molecule has 0 aliphatic carbocycles. The van der Waals surface area contributed by atoms with Gasteiger partial charge in [0.25, 0.3) is 0 Å². The largest absolute Gasteiger partial charge is 0.472 e. The van der Waals surface area contributed by atoms with Gasteiger partial charge in [0.15, 0.2) is 0 Å². The van der Waals surface area contributed by atoms with Gasteiger partial charge in [0.2, 0.25) is 0 Å². The lowest BCUT2D eigenvalue weighted by molar-refractivity contribution is 0.211. The quantitative estimate of drug-likeness (QED) is 0.136. The Kier molecular flexibility index (Phi) is 9.82.